The van der Waals surface area contributed by atoms with Crippen molar-refractivity contribution >= 4 is 18.5 Å². The molecule has 0 aliphatic heterocycles. The average molecular weight is 122 g/mol. The van der Waals surface area contributed by atoms with Crippen LogP contribution in [0.2, 0.25) is 0 Å². The fourth-order valence-corrected chi connectivity index (χ4v) is 0. The van der Waals surface area contributed by atoms with Crippen molar-refractivity contribution in [3.8, 4) is 0 Å². The third kappa shape index (κ3) is 4.86. The van der Waals surface area contributed by atoms with Gasteiger partial charge in [0.05, 0.1) is 0 Å². The second-order valence-corrected chi connectivity index (χ2v) is 5.16. The predicted octanol–water partition coefficient (Wildman–Crippen LogP) is 1.86. The van der Waals surface area contributed by atoms with Gasteiger partial charge in [-0.25, -0.2) is 0 Å². The maximum absolute atomic E-state index is 2.75. The van der Waals surface area contributed by atoms with Crippen LogP contribution in [0.15, 0.2) is 0 Å². The maximum Gasteiger partial charge on any atom is -0.00376 e. The Morgan fingerprint density at radius 3 is 1.67 bits per heavy atom. The van der Waals surface area contributed by atoms with Crippen molar-refractivity contribution in [2.75, 3.05) is 0 Å². The third-order valence-electron chi connectivity index (χ3n) is 0.762. The highest BCUT2D eigenvalue weighted by Crippen LogP contribution is 2.28. The molecule has 0 aliphatic carbocycles. The van der Waals surface area contributed by atoms with E-state index in [-0.39, 0.29) is 0 Å². The van der Waals surface area contributed by atoms with Crippen LogP contribution in [0.4, 0.5) is 0 Å². The number of hydrogen-bond donors (Lipinski definition) is 0. The normalized spacial score (nSPS) is 12.0. The first-order valence-corrected chi connectivity index (χ1v) is 3.29. The fourth-order valence-electron chi connectivity index (χ4n) is 0. The Labute approximate surface area is 44.5 Å². The summed E-state index contributed by atoms with van der Waals surface area (Å²) in [6.07, 6.45) is 1.20. The van der Waals surface area contributed by atoms with Gasteiger partial charge in [-0.2, -0.15) is 0 Å². The summed E-state index contributed by atoms with van der Waals surface area (Å²) >= 11 is 0. The van der Waals surface area contributed by atoms with Gasteiger partial charge in [-0.3, -0.25) is 0 Å². The predicted molar refractivity (Wildman–Crippen MR) is 38.1 cm³/mol. The minimum absolute atomic E-state index is 0.375. The molecule has 38 valence electrons. The quantitative estimate of drug-likeness (QED) is 0.465. The monoisotopic (exact) mass is 122 g/mol. The molecule has 0 aromatic carbocycles. The molecule has 0 aromatic heterocycles. The summed E-state index contributed by atoms with van der Waals surface area (Å²) in [5, 5.41) is 0. The van der Waals surface area contributed by atoms with Gasteiger partial charge >= 0.3 is 0 Å². The second kappa shape index (κ2) is 2.24. The minimum atomic E-state index is 0.375. The van der Waals surface area contributed by atoms with Gasteiger partial charge in [-0.05, 0) is 11.3 Å². The average Bonchev–Trinajstić information content (AvgIpc) is 1.35. The van der Waals surface area contributed by atoms with Crippen LogP contribution in [-0.2, 0) is 0 Å². The van der Waals surface area contributed by atoms with Crippen LogP contribution in [-0.4, -0.2) is 4.90 Å². The molecule has 2 atom stereocenters. The van der Waals surface area contributed by atoms with Crippen molar-refractivity contribution < 1.29 is 0 Å². The molecule has 0 rings (SSSR count). The summed E-state index contributed by atoms with van der Waals surface area (Å²) in [4.78, 5) is 0.375. The summed E-state index contributed by atoms with van der Waals surface area (Å²) in [6.45, 7) is 4.34. The van der Waals surface area contributed by atoms with Crippen molar-refractivity contribution in [1.82, 2.24) is 0 Å². The SMILES string of the molecule is CCC(C)(P)P. The van der Waals surface area contributed by atoms with Crippen LogP contribution < -0.4 is 0 Å². The Morgan fingerprint density at radius 1 is 1.50 bits per heavy atom. The molecule has 0 nitrogen and oxygen atoms in total. The summed E-state index contributed by atoms with van der Waals surface area (Å²) in [7, 11) is 5.51. The molecule has 0 saturated carbocycles. The molecule has 0 radical (unpaired) electrons. The Morgan fingerprint density at radius 2 is 1.67 bits per heavy atom. The van der Waals surface area contributed by atoms with E-state index in [1.165, 1.54) is 6.42 Å². The highest BCUT2D eigenvalue weighted by atomic mass is 31.1. The van der Waals surface area contributed by atoms with E-state index in [1.54, 1.807) is 0 Å². The standard InChI is InChI=1S/C4H12P2/c1-3-4(2,5)6/h3,5-6H2,1-2H3. The zero-order valence-electron chi connectivity index (χ0n) is 4.36. The molecule has 0 aromatic rings. The van der Waals surface area contributed by atoms with Gasteiger partial charge in [0.1, 0.15) is 0 Å². The van der Waals surface area contributed by atoms with Crippen LogP contribution in [0.3, 0.4) is 0 Å². The summed E-state index contributed by atoms with van der Waals surface area (Å²) in [5.74, 6) is 0. The summed E-state index contributed by atoms with van der Waals surface area (Å²) in [5.41, 5.74) is 0. The Hall–Kier alpha value is 0.860. The zero-order valence-corrected chi connectivity index (χ0v) is 6.67. The van der Waals surface area contributed by atoms with Crippen LogP contribution in [0, 0.1) is 0 Å². The Kier molecular flexibility index (Phi) is 2.56. The maximum atomic E-state index is 2.75. The van der Waals surface area contributed by atoms with Crippen molar-refractivity contribution in [3.63, 3.8) is 0 Å². The van der Waals surface area contributed by atoms with E-state index in [0.717, 1.165) is 0 Å². The van der Waals surface area contributed by atoms with Gasteiger partial charge in [-0.1, -0.05) is 13.8 Å². The molecule has 0 bridgehead atoms. The summed E-state index contributed by atoms with van der Waals surface area (Å²) in [6, 6.07) is 0. The molecule has 2 unspecified atom stereocenters. The first kappa shape index (κ1) is 6.86. The molecule has 0 amide bonds. The van der Waals surface area contributed by atoms with Crippen LogP contribution in [0.1, 0.15) is 20.3 Å². The van der Waals surface area contributed by atoms with Crippen LogP contribution in [0.5, 0.6) is 0 Å². The lowest BCUT2D eigenvalue weighted by molar-refractivity contribution is 0.848. The highest BCUT2D eigenvalue weighted by Gasteiger charge is 2.03. The van der Waals surface area contributed by atoms with Gasteiger partial charge in [0.15, 0.2) is 0 Å². The molecule has 0 spiro atoms. The minimum Gasteiger partial charge on any atom is -0.127 e. The van der Waals surface area contributed by atoms with Gasteiger partial charge in [0.2, 0.25) is 0 Å². The molecule has 0 heterocycles. The third-order valence-corrected chi connectivity index (χ3v) is 1.58. The van der Waals surface area contributed by atoms with Crippen molar-refractivity contribution in [3.05, 3.63) is 0 Å². The lowest BCUT2D eigenvalue weighted by atomic mass is 10.4. The van der Waals surface area contributed by atoms with Gasteiger partial charge < -0.3 is 0 Å². The lowest BCUT2D eigenvalue weighted by Crippen LogP contribution is -1.98. The largest absolute Gasteiger partial charge is 0.127 e. The highest BCUT2D eigenvalue weighted by molar-refractivity contribution is 7.39. The fraction of sp³-hybridized carbons (Fsp3) is 1.00. The van der Waals surface area contributed by atoms with Crippen LogP contribution in [0.25, 0.3) is 0 Å². The Balaban J connectivity index is 3.17. The number of rotatable bonds is 1. The van der Waals surface area contributed by atoms with Crippen molar-refractivity contribution in [2.45, 2.75) is 25.2 Å². The van der Waals surface area contributed by atoms with E-state index < -0.39 is 0 Å². The molecule has 0 fully saturated rings. The van der Waals surface area contributed by atoms with E-state index >= 15 is 0 Å². The van der Waals surface area contributed by atoms with E-state index in [4.69, 9.17) is 0 Å². The molecule has 0 N–H and O–H groups in total. The smallest absolute Gasteiger partial charge is 0.00376 e. The van der Waals surface area contributed by atoms with Gasteiger partial charge in [0.25, 0.3) is 0 Å². The molecule has 6 heavy (non-hydrogen) atoms. The van der Waals surface area contributed by atoms with Crippen LogP contribution >= 0.6 is 18.5 Å². The summed E-state index contributed by atoms with van der Waals surface area (Å²) < 4.78 is 0. The van der Waals surface area contributed by atoms with E-state index in [9.17, 15) is 0 Å². The first-order chi connectivity index (χ1) is 2.56. The molecular weight excluding hydrogens is 110 g/mol. The van der Waals surface area contributed by atoms with E-state index in [1.807, 2.05) is 0 Å². The Bertz CT molecular complexity index is 35.3. The topological polar surface area (TPSA) is 0 Å². The van der Waals surface area contributed by atoms with Gasteiger partial charge in [0, 0.05) is 0 Å². The lowest BCUT2D eigenvalue weighted by Gasteiger charge is -2.12. The molecular formula is C4H12P2. The van der Waals surface area contributed by atoms with Crippen molar-refractivity contribution in [2.24, 2.45) is 0 Å². The zero-order chi connectivity index (χ0) is 5.21. The molecule has 2 heteroatoms. The van der Waals surface area contributed by atoms with E-state index in [0.29, 0.717) is 4.90 Å². The second-order valence-electron chi connectivity index (χ2n) is 1.86. The van der Waals surface area contributed by atoms with Crippen molar-refractivity contribution in [1.29, 1.82) is 0 Å². The number of hydrogen-bond acceptors (Lipinski definition) is 0. The molecule has 0 aliphatic rings. The van der Waals surface area contributed by atoms with E-state index in [2.05, 4.69) is 32.3 Å². The first-order valence-electron chi connectivity index (χ1n) is 2.14. The van der Waals surface area contributed by atoms with Gasteiger partial charge in [-0.15, -0.1) is 18.5 Å². The molecule has 0 saturated heterocycles.